The van der Waals surface area contributed by atoms with Crippen LogP contribution in [0.25, 0.3) is 0 Å². The zero-order valence-electron chi connectivity index (χ0n) is 12.1. The second-order valence-electron chi connectivity index (χ2n) is 5.01. The maximum absolute atomic E-state index is 11.3. The van der Waals surface area contributed by atoms with E-state index >= 15 is 0 Å². The number of nitrogens with one attached hydrogen (secondary N) is 1. The van der Waals surface area contributed by atoms with E-state index in [-0.39, 0.29) is 5.91 Å². The molecule has 0 unspecified atom stereocenters. The van der Waals surface area contributed by atoms with Gasteiger partial charge < -0.3 is 10.2 Å². The molecule has 2 rings (SSSR count). The van der Waals surface area contributed by atoms with Gasteiger partial charge in [0, 0.05) is 44.5 Å². The molecule has 1 aromatic carbocycles. The molecule has 0 bridgehead atoms. The molecule has 107 valence electrons. The van der Waals surface area contributed by atoms with Crippen molar-refractivity contribution >= 4 is 11.6 Å². The Morgan fingerprint density at radius 1 is 1.40 bits per heavy atom. The van der Waals surface area contributed by atoms with Gasteiger partial charge in [-0.2, -0.15) is 0 Å². The topological polar surface area (TPSA) is 35.6 Å². The van der Waals surface area contributed by atoms with Crippen molar-refractivity contribution in [2.24, 2.45) is 0 Å². The zero-order valence-corrected chi connectivity index (χ0v) is 12.1. The van der Waals surface area contributed by atoms with Crippen LogP contribution in [0.2, 0.25) is 0 Å². The van der Waals surface area contributed by atoms with Gasteiger partial charge in [0.2, 0.25) is 5.91 Å². The summed E-state index contributed by atoms with van der Waals surface area (Å²) in [7, 11) is 0. The molecule has 4 heteroatoms. The number of likely N-dealkylation sites (N-methyl/N-ethyl adjacent to an activating group) is 1. The zero-order chi connectivity index (χ0) is 14.4. The third kappa shape index (κ3) is 4.18. The summed E-state index contributed by atoms with van der Waals surface area (Å²) in [4.78, 5) is 16.2. The molecule has 1 fully saturated rings. The fourth-order valence-electron chi connectivity index (χ4n) is 2.39. The minimum absolute atomic E-state index is 0.199. The third-order valence-electron chi connectivity index (χ3n) is 3.63. The first-order valence-electron chi connectivity index (χ1n) is 7.10. The second kappa shape index (κ2) is 7.22. The summed E-state index contributed by atoms with van der Waals surface area (Å²) >= 11 is 0. The molecule has 1 saturated heterocycles. The SMILES string of the molecule is C=CC(=O)Nc1[c]ccc(CN2CCN(CC)CC2)c1. The Balaban J connectivity index is 1.91. The van der Waals surface area contributed by atoms with E-state index in [1.54, 1.807) is 0 Å². The Labute approximate surface area is 121 Å². The van der Waals surface area contributed by atoms with Crippen molar-refractivity contribution in [1.82, 2.24) is 9.80 Å². The summed E-state index contributed by atoms with van der Waals surface area (Å²) in [5.41, 5.74) is 1.91. The lowest BCUT2D eigenvalue weighted by Gasteiger charge is -2.34. The van der Waals surface area contributed by atoms with Crippen LogP contribution in [0.3, 0.4) is 0 Å². The van der Waals surface area contributed by atoms with Crippen molar-refractivity contribution in [3.63, 3.8) is 0 Å². The average molecular weight is 272 g/mol. The maximum atomic E-state index is 11.3. The number of piperazine rings is 1. The average Bonchev–Trinajstić information content (AvgIpc) is 2.48. The van der Waals surface area contributed by atoms with Crippen LogP contribution in [-0.4, -0.2) is 48.4 Å². The fourth-order valence-corrected chi connectivity index (χ4v) is 2.39. The molecule has 0 atom stereocenters. The lowest BCUT2D eigenvalue weighted by atomic mass is 10.1. The van der Waals surface area contributed by atoms with Gasteiger partial charge >= 0.3 is 0 Å². The molecule has 4 nitrogen and oxygen atoms in total. The second-order valence-corrected chi connectivity index (χ2v) is 5.01. The molecular formula is C16H22N3O. The number of carbonyl (C=O) groups excluding carboxylic acids is 1. The highest BCUT2D eigenvalue weighted by Crippen LogP contribution is 2.13. The Morgan fingerprint density at radius 2 is 2.10 bits per heavy atom. The van der Waals surface area contributed by atoms with Crippen LogP contribution in [0.5, 0.6) is 0 Å². The quantitative estimate of drug-likeness (QED) is 0.830. The van der Waals surface area contributed by atoms with Gasteiger partial charge in [-0.05, 0) is 24.3 Å². The number of carbonyl (C=O) groups is 1. The maximum Gasteiger partial charge on any atom is 0.247 e. The highest BCUT2D eigenvalue weighted by molar-refractivity contribution is 5.98. The van der Waals surface area contributed by atoms with E-state index in [9.17, 15) is 4.79 Å². The summed E-state index contributed by atoms with van der Waals surface area (Å²) < 4.78 is 0. The summed E-state index contributed by atoms with van der Waals surface area (Å²) in [6.07, 6.45) is 1.27. The number of benzene rings is 1. The molecule has 1 amide bonds. The van der Waals surface area contributed by atoms with Gasteiger partial charge in [-0.25, -0.2) is 0 Å². The Morgan fingerprint density at radius 3 is 2.75 bits per heavy atom. The largest absolute Gasteiger partial charge is 0.322 e. The van der Waals surface area contributed by atoms with E-state index in [1.165, 1.54) is 11.6 Å². The molecule has 20 heavy (non-hydrogen) atoms. The Kier molecular flexibility index (Phi) is 5.32. The van der Waals surface area contributed by atoms with Crippen LogP contribution in [0.1, 0.15) is 12.5 Å². The Bertz CT molecular complexity index is 465. The molecule has 1 radical (unpaired) electrons. The smallest absolute Gasteiger partial charge is 0.247 e. The molecule has 0 saturated carbocycles. The summed E-state index contributed by atoms with van der Waals surface area (Å²) in [6, 6.07) is 8.91. The van der Waals surface area contributed by atoms with Crippen molar-refractivity contribution in [2.75, 3.05) is 38.0 Å². The molecule has 1 heterocycles. The highest BCUT2D eigenvalue weighted by Gasteiger charge is 2.15. The van der Waals surface area contributed by atoms with Crippen LogP contribution >= 0.6 is 0 Å². The van der Waals surface area contributed by atoms with Crippen molar-refractivity contribution in [1.29, 1.82) is 0 Å². The van der Waals surface area contributed by atoms with Crippen molar-refractivity contribution in [3.05, 3.63) is 42.5 Å². The Hall–Kier alpha value is -1.65. The molecule has 1 aliphatic heterocycles. The minimum Gasteiger partial charge on any atom is -0.322 e. The van der Waals surface area contributed by atoms with Crippen LogP contribution in [0.4, 0.5) is 5.69 Å². The van der Waals surface area contributed by atoms with Gasteiger partial charge in [-0.3, -0.25) is 9.69 Å². The third-order valence-corrected chi connectivity index (χ3v) is 3.63. The molecule has 0 aromatic heterocycles. The summed E-state index contributed by atoms with van der Waals surface area (Å²) in [5.74, 6) is -0.199. The van der Waals surface area contributed by atoms with E-state index in [0.717, 1.165) is 39.3 Å². The fraction of sp³-hybridized carbons (Fsp3) is 0.438. The predicted molar refractivity (Wildman–Crippen MR) is 81.5 cm³/mol. The number of rotatable bonds is 5. The minimum atomic E-state index is -0.199. The van der Waals surface area contributed by atoms with E-state index in [4.69, 9.17) is 0 Å². The lowest BCUT2D eigenvalue weighted by molar-refractivity contribution is -0.111. The number of hydrogen-bond donors (Lipinski definition) is 1. The number of anilines is 1. The van der Waals surface area contributed by atoms with Crippen LogP contribution < -0.4 is 5.32 Å². The summed E-state index contributed by atoms with van der Waals surface area (Å²) in [5, 5.41) is 2.75. The first-order chi connectivity index (χ1) is 9.71. The normalized spacial score (nSPS) is 16.9. The van der Waals surface area contributed by atoms with Crippen molar-refractivity contribution in [3.8, 4) is 0 Å². The summed E-state index contributed by atoms with van der Waals surface area (Å²) in [6.45, 7) is 12.2. The first kappa shape index (κ1) is 14.8. The first-order valence-corrected chi connectivity index (χ1v) is 7.10. The number of amides is 1. The van der Waals surface area contributed by atoms with Gasteiger partial charge in [-0.1, -0.05) is 25.6 Å². The number of nitrogens with zero attached hydrogens (tertiary/aromatic N) is 2. The van der Waals surface area contributed by atoms with Crippen molar-refractivity contribution < 1.29 is 4.79 Å². The molecule has 1 N–H and O–H groups in total. The van der Waals surface area contributed by atoms with Gasteiger partial charge in [-0.15, -0.1) is 0 Å². The van der Waals surface area contributed by atoms with Crippen LogP contribution in [0, 0.1) is 6.07 Å². The lowest BCUT2D eigenvalue weighted by Crippen LogP contribution is -2.45. The van der Waals surface area contributed by atoms with E-state index in [0.29, 0.717) is 5.69 Å². The van der Waals surface area contributed by atoms with Gasteiger partial charge in [0.15, 0.2) is 0 Å². The van der Waals surface area contributed by atoms with Crippen LogP contribution in [0.15, 0.2) is 30.9 Å². The standard InChI is InChI=1S/C16H22N3O/c1-3-16(20)17-15-7-5-6-14(12-15)13-19-10-8-18(4-2)9-11-19/h3,5-6,12H,1,4,8-11,13H2,2H3,(H,17,20). The van der Waals surface area contributed by atoms with Crippen LogP contribution in [-0.2, 0) is 11.3 Å². The van der Waals surface area contributed by atoms with Gasteiger partial charge in [0.25, 0.3) is 0 Å². The molecule has 1 aromatic rings. The number of hydrogen-bond acceptors (Lipinski definition) is 3. The van der Waals surface area contributed by atoms with E-state index in [1.807, 2.05) is 12.1 Å². The van der Waals surface area contributed by atoms with E-state index < -0.39 is 0 Å². The molecular weight excluding hydrogens is 250 g/mol. The molecule has 1 aliphatic rings. The van der Waals surface area contributed by atoms with Gasteiger partial charge in [0.1, 0.15) is 0 Å². The monoisotopic (exact) mass is 272 g/mol. The molecule has 0 spiro atoms. The predicted octanol–water partition coefficient (Wildman–Crippen LogP) is 1.75. The highest BCUT2D eigenvalue weighted by atomic mass is 16.1. The van der Waals surface area contributed by atoms with E-state index in [2.05, 4.69) is 40.8 Å². The van der Waals surface area contributed by atoms with Crippen molar-refractivity contribution in [2.45, 2.75) is 13.5 Å². The van der Waals surface area contributed by atoms with Gasteiger partial charge in [0.05, 0.1) is 0 Å². The molecule has 0 aliphatic carbocycles.